The lowest BCUT2D eigenvalue weighted by atomic mass is 10.1. The van der Waals surface area contributed by atoms with Gasteiger partial charge in [0, 0.05) is 16.1 Å². The van der Waals surface area contributed by atoms with E-state index in [-0.39, 0.29) is 11.9 Å². The molecule has 0 aliphatic carbocycles. The molecule has 1 atom stereocenters. The Labute approximate surface area is 120 Å². The van der Waals surface area contributed by atoms with Crippen LogP contribution >= 0.6 is 15.9 Å². The first-order chi connectivity index (χ1) is 9.06. The zero-order chi connectivity index (χ0) is 13.8. The molecule has 2 aromatic rings. The monoisotopic (exact) mass is 323 g/mol. The van der Waals surface area contributed by atoms with Gasteiger partial charge in [-0.15, -0.1) is 0 Å². The molecule has 0 fully saturated rings. The van der Waals surface area contributed by atoms with Crippen LogP contribution < -0.4 is 10.5 Å². The van der Waals surface area contributed by atoms with Crippen molar-refractivity contribution in [3.05, 3.63) is 63.9 Å². The molecule has 100 valence electrons. The molecule has 0 aliphatic heterocycles. The summed E-state index contributed by atoms with van der Waals surface area (Å²) < 4.78 is 19.7. The summed E-state index contributed by atoms with van der Waals surface area (Å²) in [6.45, 7) is 2.21. The van der Waals surface area contributed by atoms with Gasteiger partial charge in [0.2, 0.25) is 0 Å². The van der Waals surface area contributed by atoms with Crippen LogP contribution in [0.5, 0.6) is 5.75 Å². The average molecular weight is 324 g/mol. The molecule has 0 saturated carbocycles. The van der Waals surface area contributed by atoms with Crippen LogP contribution in [0.15, 0.2) is 46.9 Å². The summed E-state index contributed by atoms with van der Waals surface area (Å²) in [6.07, 6.45) is 0. The third-order valence-electron chi connectivity index (χ3n) is 2.75. The lowest BCUT2D eigenvalue weighted by Gasteiger charge is -2.14. The number of benzene rings is 2. The molecule has 19 heavy (non-hydrogen) atoms. The van der Waals surface area contributed by atoms with Crippen LogP contribution in [0.1, 0.15) is 24.1 Å². The summed E-state index contributed by atoms with van der Waals surface area (Å²) in [5, 5.41) is 0. The van der Waals surface area contributed by atoms with Crippen molar-refractivity contribution in [2.45, 2.75) is 19.6 Å². The highest BCUT2D eigenvalue weighted by Gasteiger charge is 2.09. The standard InChI is InChI=1S/C15H15BrFNO/c1-10(18)14-6-5-12(16)8-15(14)19-9-11-3-2-4-13(17)7-11/h2-8,10H,9,18H2,1H3. The minimum atomic E-state index is -0.261. The van der Waals surface area contributed by atoms with Gasteiger partial charge in [-0.3, -0.25) is 0 Å². The summed E-state index contributed by atoms with van der Waals surface area (Å²) in [5.74, 6) is 0.455. The molecule has 2 rings (SSSR count). The Morgan fingerprint density at radius 3 is 2.74 bits per heavy atom. The number of nitrogens with two attached hydrogens (primary N) is 1. The number of hydrogen-bond acceptors (Lipinski definition) is 2. The second-order valence-corrected chi connectivity index (χ2v) is 5.31. The van der Waals surface area contributed by atoms with E-state index in [9.17, 15) is 4.39 Å². The van der Waals surface area contributed by atoms with Crippen molar-refractivity contribution in [2.24, 2.45) is 5.73 Å². The minimum absolute atomic E-state index is 0.115. The van der Waals surface area contributed by atoms with Crippen molar-refractivity contribution in [1.29, 1.82) is 0 Å². The second-order valence-electron chi connectivity index (χ2n) is 4.39. The molecule has 1 unspecified atom stereocenters. The van der Waals surface area contributed by atoms with Crippen LogP contribution in [0.2, 0.25) is 0 Å². The van der Waals surface area contributed by atoms with E-state index < -0.39 is 0 Å². The van der Waals surface area contributed by atoms with Crippen molar-refractivity contribution in [2.75, 3.05) is 0 Å². The van der Waals surface area contributed by atoms with E-state index in [1.807, 2.05) is 31.2 Å². The molecule has 0 bridgehead atoms. The van der Waals surface area contributed by atoms with Crippen molar-refractivity contribution >= 4 is 15.9 Å². The van der Waals surface area contributed by atoms with Crippen LogP contribution in [-0.2, 0) is 6.61 Å². The Morgan fingerprint density at radius 1 is 1.26 bits per heavy atom. The van der Waals surface area contributed by atoms with Crippen LogP contribution in [-0.4, -0.2) is 0 Å². The molecule has 0 heterocycles. The normalized spacial score (nSPS) is 12.2. The van der Waals surface area contributed by atoms with Gasteiger partial charge < -0.3 is 10.5 Å². The molecule has 0 spiro atoms. The fraction of sp³-hybridized carbons (Fsp3) is 0.200. The van der Waals surface area contributed by atoms with Crippen LogP contribution in [0, 0.1) is 5.82 Å². The van der Waals surface area contributed by atoms with Crippen LogP contribution in [0.3, 0.4) is 0 Å². The average Bonchev–Trinajstić information content (AvgIpc) is 2.36. The Morgan fingerprint density at radius 2 is 2.05 bits per heavy atom. The Hall–Kier alpha value is -1.39. The molecule has 0 radical (unpaired) electrons. The maximum Gasteiger partial charge on any atom is 0.125 e. The summed E-state index contributed by atoms with van der Waals surface area (Å²) in [6, 6.07) is 12.0. The third kappa shape index (κ3) is 3.78. The van der Waals surface area contributed by atoms with E-state index in [1.165, 1.54) is 12.1 Å². The number of ether oxygens (including phenoxy) is 1. The lowest BCUT2D eigenvalue weighted by Crippen LogP contribution is -2.08. The Bertz CT molecular complexity index is 572. The molecule has 2 aromatic carbocycles. The van der Waals surface area contributed by atoms with Gasteiger partial charge in [-0.05, 0) is 36.8 Å². The first kappa shape index (κ1) is 14.0. The van der Waals surface area contributed by atoms with E-state index >= 15 is 0 Å². The van der Waals surface area contributed by atoms with Gasteiger partial charge in [-0.1, -0.05) is 34.1 Å². The molecule has 2 nitrogen and oxygen atoms in total. The largest absolute Gasteiger partial charge is 0.489 e. The smallest absolute Gasteiger partial charge is 0.125 e. The van der Waals surface area contributed by atoms with Gasteiger partial charge in [-0.25, -0.2) is 4.39 Å². The quantitative estimate of drug-likeness (QED) is 0.915. The molecule has 4 heteroatoms. The van der Waals surface area contributed by atoms with Crippen molar-refractivity contribution in [1.82, 2.24) is 0 Å². The fourth-order valence-electron chi connectivity index (χ4n) is 1.80. The molecule has 0 aromatic heterocycles. The second kappa shape index (κ2) is 6.17. The van der Waals surface area contributed by atoms with E-state index in [4.69, 9.17) is 10.5 Å². The summed E-state index contributed by atoms with van der Waals surface area (Å²) in [7, 11) is 0. The predicted octanol–water partition coefficient (Wildman–Crippen LogP) is 4.19. The van der Waals surface area contributed by atoms with E-state index in [0.717, 1.165) is 15.6 Å². The highest BCUT2D eigenvalue weighted by atomic mass is 79.9. The molecule has 2 N–H and O–H groups in total. The molecule has 0 amide bonds. The van der Waals surface area contributed by atoms with Crippen molar-refractivity contribution in [3.8, 4) is 5.75 Å². The third-order valence-corrected chi connectivity index (χ3v) is 3.24. The van der Waals surface area contributed by atoms with E-state index in [2.05, 4.69) is 15.9 Å². The van der Waals surface area contributed by atoms with Crippen molar-refractivity contribution < 1.29 is 9.13 Å². The minimum Gasteiger partial charge on any atom is -0.489 e. The number of rotatable bonds is 4. The first-order valence-electron chi connectivity index (χ1n) is 5.98. The summed E-state index contributed by atoms with van der Waals surface area (Å²) in [4.78, 5) is 0. The first-order valence-corrected chi connectivity index (χ1v) is 6.78. The molecule has 0 aliphatic rings. The van der Waals surface area contributed by atoms with E-state index in [1.54, 1.807) is 6.07 Å². The van der Waals surface area contributed by atoms with Crippen LogP contribution in [0.4, 0.5) is 4.39 Å². The highest BCUT2D eigenvalue weighted by Crippen LogP contribution is 2.28. The Kier molecular flexibility index (Phi) is 4.56. The van der Waals surface area contributed by atoms with E-state index in [0.29, 0.717) is 12.4 Å². The van der Waals surface area contributed by atoms with Gasteiger partial charge in [0.1, 0.15) is 18.2 Å². The lowest BCUT2D eigenvalue weighted by molar-refractivity contribution is 0.300. The topological polar surface area (TPSA) is 35.2 Å². The molecular formula is C15H15BrFNO. The molecular weight excluding hydrogens is 309 g/mol. The Balaban J connectivity index is 2.17. The number of halogens is 2. The summed E-state index contributed by atoms with van der Waals surface area (Å²) >= 11 is 3.40. The number of hydrogen-bond donors (Lipinski definition) is 1. The van der Waals surface area contributed by atoms with Gasteiger partial charge in [-0.2, -0.15) is 0 Å². The van der Waals surface area contributed by atoms with Gasteiger partial charge in [0.15, 0.2) is 0 Å². The summed E-state index contributed by atoms with van der Waals surface area (Å²) in [5.41, 5.74) is 7.62. The van der Waals surface area contributed by atoms with Gasteiger partial charge >= 0.3 is 0 Å². The van der Waals surface area contributed by atoms with Gasteiger partial charge in [0.05, 0.1) is 0 Å². The fourth-order valence-corrected chi connectivity index (χ4v) is 2.14. The predicted molar refractivity (Wildman–Crippen MR) is 77.5 cm³/mol. The van der Waals surface area contributed by atoms with Crippen molar-refractivity contribution in [3.63, 3.8) is 0 Å². The molecule has 0 saturated heterocycles. The highest BCUT2D eigenvalue weighted by molar-refractivity contribution is 9.10. The maximum absolute atomic E-state index is 13.1. The SMILES string of the molecule is CC(N)c1ccc(Br)cc1OCc1cccc(F)c1. The van der Waals surface area contributed by atoms with Gasteiger partial charge in [0.25, 0.3) is 0 Å². The van der Waals surface area contributed by atoms with Crippen LogP contribution in [0.25, 0.3) is 0 Å². The zero-order valence-corrected chi connectivity index (χ0v) is 12.2. The maximum atomic E-state index is 13.1. The zero-order valence-electron chi connectivity index (χ0n) is 10.6.